The molecule has 0 radical (unpaired) electrons. The summed E-state index contributed by atoms with van der Waals surface area (Å²) in [6, 6.07) is 6.87. The lowest BCUT2D eigenvalue weighted by molar-refractivity contribution is 0.295. The fourth-order valence-electron chi connectivity index (χ4n) is 3.26. The molecule has 1 fully saturated rings. The first-order valence-corrected chi connectivity index (χ1v) is 6.81. The third-order valence-electron chi connectivity index (χ3n) is 4.53. The van der Waals surface area contributed by atoms with E-state index in [9.17, 15) is 0 Å². The summed E-state index contributed by atoms with van der Waals surface area (Å²) in [4.78, 5) is 0. The Labute approximate surface area is 105 Å². The molecular formula is C16H25N. The molecule has 94 valence electrons. The van der Waals surface area contributed by atoms with Gasteiger partial charge in [-0.15, -0.1) is 0 Å². The molecule has 0 spiro atoms. The van der Waals surface area contributed by atoms with Gasteiger partial charge in [0.05, 0.1) is 0 Å². The van der Waals surface area contributed by atoms with Gasteiger partial charge in [0.15, 0.2) is 0 Å². The maximum Gasteiger partial charge on any atom is -0.00172 e. The maximum atomic E-state index is 6.05. The van der Waals surface area contributed by atoms with Crippen LogP contribution in [0.3, 0.4) is 0 Å². The first-order valence-electron chi connectivity index (χ1n) is 6.81. The summed E-state index contributed by atoms with van der Waals surface area (Å²) in [5.41, 5.74) is 10.7. The van der Waals surface area contributed by atoms with Crippen molar-refractivity contribution >= 4 is 0 Å². The minimum atomic E-state index is 0.376. The third-order valence-corrected chi connectivity index (χ3v) is 4.53. The lowest BCUT2D eigenvalue weighted by atomic mass is 9.79. The van der Waals surface area contributed by atoms with Crippen molar-refractivity contribution in [2.24, 2.45) is 17.1 Å². The number of aryl methyl sites for hydroxylation is 2. The molecule has 2 unspecified atom stereocenters. The summed E-state index contributed by atoms with van der Waals surface area (Å²) in [7, 11) is 0. The topological polar surface area (TPSA) is 26.0 Å². The number of benzene rings is 1. The molecule has 0 bridgehead atoms. The van der Waals surface area contributed by atoms with Crippen LogP contribution in [0.15, 0.2) is 18.2 Å². The number of hydrogen-bond donors (Lipinski definition) is 1. The first-order chi connectivity index (χ1) is 8.04. The third kappa shape index (κ3) is 2.71. The van der Waals surface area contributed by atoms with Crippen molar-refractivity contribution in [2.45, 2.75) is 46.5 Å². The Morgan fingerprint density at radius 2 is 2.06 bits per heavy atom. The highest BCUT2D eigenvalue weighted by Crippen LogP contribution is 2.43. The molecule has 0 amide bonds. The van der Waals surface area contributed by atoms with Crippen molar-refractivity contribution in [1.82, 2.24) is 0 Å². The van der Waals surface area contributed by atoms with E-state index in [2.05, 4.69) is 39.0 Å². The van der Waals surface area contributed by atoms with Crippen molar-refractivity contribution in [3.63, 3.8) is 0 Å². The van der Waals surface area contributed by atoms with Crippen molar-refractivity contribution in [3.05, 3.63) is 34.9 Å². The molecule has 2 N–H and O–H groups in total. The van der Waals surface area contributed by atoms with Crippen molar-refractivity contribution in [1.29, 1.82) is 0 Å². The van der Waals surface area contributed by atoms with E-state index >= 15 is 0 Å². The summed E-state index contributed by atoms with van der Waals surface area (Å²) < 4.78 is 0. The summed E-state index contributed by atoms with van der Waals surface area (Å²) in [6.45, 7) is 7.57. The van der Waals surface area contributed by atoms with Crippen LogP contribution in [0.1, 0.15) is 42.9 Å². The average Bonchev–Trinajstić information content (AvgIpc) is 2.66. The van der Waals surface area contributed by atoms with Gasteiger partial charge in [0.1, 0.15) is 0 Å². The van der Waals surface area contributed by atoms with Crippen LogP contribution in [0, 0.1) is 25.2 Å². The van der Waals surface area contributed by atoms with Crippen molar-refractivity contribution < 1.29 is 0 Å². The van der Waals surface area contributed by atoms with E-state index in [4.69, 9.17) is 5.73 Å². The van der Waals surface area contributed by atoms with Crippen molar-refractivity contribution in [3.8, 4) is 0 Å². The Morgan fingerprint density at radius 1 is 1.29 bits per heavy atom. The van der Waals surface area contributed by atoms with Gasteiger partial charge in [-0.25, -0.2) is 0 Å². The Balaban J connectivity index is 2.16. The average molecular weight is 231 g/mol. The highest BCUT2D eigenvalue weighted by atomic mass is 14.6. The van der Waals surface area contributed by atoms with Crippen LogP contribution in [-0.4, -0.2) is 6.54 Å². The van der Waals surface area contributed by atoms with Gasteiger partial charge in [-0.05, 0) is 67.7 Å². The molecule has 0 aliphatic heterocycles. The second-order valence-corrected chi connectivity index (χ2v) is 6.15. The van der Waals surface area contributed by atoms with E-state index in [1.807, 2.05) is 0 Å². The highest BCUT2D eigenvalue weighted by Gasteiger charge is 2.36. The van der Waals surface area contributed by atoms with E-state index in [1.54, 1.807) is 0 Å². The fourth-order valence-corrected chi connectivity index (χ4v) is 3.26. The molecule has 0 heterocycles. The lowest BCUT2D eigenvalue weighted by Gasteiger charge is -2.28. The molecule has 2 rings (SSSR count). The predicted molar refractivity (Wildman–Crippen MR) is 74.1 cm³/mol. The number of nitrogens with two attached hydrogens (primary N) is 1. The second-order valence-electron chi connectivity index (χ2n) is 6.15. The molecule has 0 aromatic heterocycles. The van der Waals surface area contributed by atoms with Gasteiger partial charge in [-0.1, -0.05) is 31.5 Å². The molecule has 1 saturated carbocycles. The summed E-state index contributed by atoms with van der Waals surface area (Å²) in [5.74, 6) is 0.852. The summed E-state index contributed by atoms with van der Waals surface area (Å²) >= 11 is 0. The van der Waals surface area contributed by atoms with Crippen LogP contribution in [-0.2, 0) is 6.42 Å². The largest absolute Gasteiger partial charge is 0.330 e. The molecule has 2 atom stereocenters. The molecule has 1 aromatic carbocycles. The highest BCUT2D eigenvalue weighted by molar-refractivity contribution is 5.30. The smallest absolute Gasteiger partial charge is 0.00172 e. The Bertz CT molecular complexity index is 397. The molecule has 1 heteroatoms. The molecule has 1 aliphatic rings. The Hall–Kier alpha value is -0.820. The minimum Gasteiger partial charge on any atom is -0.330 e. The molecule has 0 saturated heterocycles. The Morgan fingerprint density at radius 3 is 2.59 bits per heavy atom. The van der Waals surface area contributed by atoms with Crippen LogP contribution in [0.5, 0.6) is 0 Å². The van der Waals surface area contributed by atoms with E-state index in [0.717, 1.165) is 18.9 Å². The van der Waals surface area contributed by atoms with Gasteiger partial charge >= 0.3 is 0 Å². The quantitative estimate of drug-likeness (QED) is 0.845. The number of hydrogen-bond acceptors (Lipinski definition) is 1. The van der Waals surface area contributed by atoms with Crippen LogP contribution in [0.2, 0.25) is 0 Å². The van der Waals surface area contributed by atoms with Crippen molar-refractivity contribution in [2.75, 3.05) is 6.54 Å². The summed E-state index contributed by atoms with van der Waals surface area (Å²) in [5, 5.41) is 0. The standard InChI is InChI=1S/C16H25N/c1-12-6-7-16(9-12,11-17)10-15-5-4-13(2)14(3)8-15/h4-5,8,12H,6-7,9-11,17H2,1-3H3. The molecular weight excluding hydrogens is 206 g/mol. The van der Waals surface area contributed by atoms with E-state index in [0.29, 0.717) is 5.41 Å². The van der Waals surface area contributed by atoms with E-state index < -0.39 is 0 Å². The predicted octanol–water partition coefficient (Wildman–Crippen LogP) is 3.61. The second kappa shape index (κ2) is 4.81. The maximum absolute atomic E-state index is 6.05. The van der Waals surface area contributed by atoms with Gasteiger partial charge in [-0.2, -0.15) is 0 Å². The zero-order valence-electron chi connectivity index (χ0n) is 11.4. The first kappa shape index (κ1) is 12.6. The molecule has 1 aliphatic carbocycles. The van der Waals surface area contributed by atoms with Gasteiger partial charge in [0.2, 0.25) is 0 Å². The lowest BCUT2D eigenvalue weighted by Crippen LogP contribution is -2.30. The molecule has 1 nitrogen and oxygen atoms in total. The Kier molecular flexibility index (Phi) is 3.58. The SMILES string of the molecule is Cc1ccc(CC2(CN)CCC(C)C2)cc1C. The summed E-state index contributed by atoms with van der Waals surface area (Å²) in [6.07, 6.45) is 5.12. The minimum absolute atomic E-state index is 0.376. The molecule has 1 aromatic rings. The fraction of sp³-hybridized carbons (Fsp3) is 0.625. The van der Waals surface area contributed by atoms with Gasteiger partial charge < -0.3 is 5.73 Å². The normalized spacial score (nSPS) is 28.6. The number of rotatable bonds is 3. The van der Waals surface area contributed by atoms with E-state index in [-0.39, 0.29) is 0 Å². The van der Waals surface area contributed by atoms with Crippen LogP contribution in [0.25, 0.3) is 0 Å². The van der Waals surface area contributed by atoms with Crippen LogP contribution < -0.4 is 5.73 Å². The van der Waals surface area contributed by atoms with Crippen LogP contribution in [0.4, 0.5) is 0 Å². The van der Waals surface area contributed by atoms with Gasteiger partial charge in [0.25, 0.3) is 0 Å². The zero-order chi connectivity index (χ0) is 12.5. The zero-order valence-corrected chi connectivity index (χ0v) is 11.4. The van der Waals surface area contributed by atoms with Gasteiger partial charge in [0, 0.05) is 0 Å². The monoisotopic (exact) mass is 231 g/mol. The van der Waals surface area contributed by atoms with E-state index in [1.165, 1.54) is 36.0 Å². The van der Waals surface area contributed by atoms with Gasteiger partial charge in [-0.3, -0.25) is 0 Å². The molecule has 17 heavy (non-hydrogen) atoms. The van der Waals surface area contributed by atoms with Crippen LogP contribution >= 0.6 is 0 Å².